The minimum absolute atomic E-state index is 0.514. The van der Waals surface area contributed by atoms with Gasteiger partial charge in [-0.15, -0.1) is 0 Å². The molecule has 10 heavy (non-hydrogen) atoms. The van der Waals surface area contributed by atoms with Crippen LogP contribution >= 0.6 is 47.8 Å². The number of halogens is 3. The molecule has 0 saturated carbocycles. The van der Waals surface area contributed by atoms with Gasteiger partial charge in [0.25, 0.3) is 0 Å². The Hall–Kier alpha value is 1.36. The Kier molecular flexibility index (Phi) is 5.78. The highest BCUT2D eigenvalue weighted by molar-refractivity contribution is 9.10. The summed E-state index contributed by atoms with van der Waals surface area (Å²) >= 11 is 9.64. The van der Waals surface area contributed by atoms with E-state index in [1.807, 2.05) is 0 Å². The summed E-state index contributed by atoms with van der Waals surface area (Å²) in [5, 5.41) is 19.5. The van der Waals surface area contributed by atoms with E-state index in [0.29, 0.717) is 16.0 Å². The third kappa shape index (κ3) is 2.44. The van der Waals surface area contributed by atoms with Crippen LogP contribution in [0.15, 0.2) is 0 Å². The molecule has 0 unspecified atom stereocenters. The Morgan fingerprint density at radius 2 is 1.30 bits per heavy atom. The second-order valence-electron chi connectivity index (χ2n) is 2.14. The van der Waals surface area contributed by atoms with Gasteiger partial charge in [-0.3, -0.25) is 0 Å². The first-order chi connectivity index (χ1) is 4.63. The summed E-state index contributed by atoms with van der Waals surface area (Å²) in [5.41, 5.74) is -0.514. The summed E-state index contributed by atoms with van der Waals surface area (Å²) in [6, 6.07) is 0. The molecular formula is C5H9Br3O2. The van der Waals surface area contributed by atoms with Crippen LogP contribution in [0.3, 0.4) is 0 Å². The molecule has 0 fully saturated rings. The fourth-order valence-corrected chi connectivity index (χ4v) is 3.97. The molecule has 5 heteroatoms. The number of aliphatic hydroxyl groups excluding tert-OH is 1. The molecule has 0 aromatic rings. The van der Waals surface area contributed by atoms with Crippen molar-refractivity contribution in [1.29, 1.82) is 0 Å². The van der Waals surface area contributed by atoms with E-state index in [-0.39, 0.29) is 0 Å². The zero-order valence-electron chi connectivity index (χ0n) is 5.23. The highest BCUT2D eigenvalue weighted by atomic mass is 79.9. The third-order valence-electron chi connectivity index (χ3n) is 1.35. The van der Waals surface area contributed by atoms with Gasteiger partial charge in [0, 0.05) is 21.4 Å². The lowest BCUT2D eigenvalue weighted by atomic mass is 9.96. The molecule has 0 radical (unpaired) electrons. The fourth-order valence-electron chi connectivity index (χ4n) is 0.314. The first-order valence-corrected chi connectivity index (χ1v) is 6.03. The molecule has 0 rings (SSSR count). The van der Waals surface area contributed by atoms with Gasteiger partial charge in [0.1, 0.15) is 0 Å². The number of hydrogen-bond acceptors (Lipinski definition) is 2. The number of rotatable bonds is 4. The minimum Gasteiger partial charge on any atom is -0.368 e. The number of aliphatic hydroxyl groups is 2. The zero-order chi connectivity index (χ0) is 8.20. The molecule has 0 aliphatic heterocycles. The molecule has 0 aliphatic carbocycles. The number of hydrogen-bond donors (Lipinski definition) is 2. The lowest BCUT2D eigenvalue weighted by Gasteiger charge is -2.29. The summed E-state index contributed by atoms with van der Waals surface area (Å²) in [6.45, 7) is 0. The predicted octanol–water partition coefficient (Wildman–Crippen LogP) is 1.47. The summed E-state index contributed by atoms with van der Waals surface area (Å²) in [6.07, 6.45) is -1.30. The molecule has 0 atom stereocenters. The van der Waals surface area contributed by atoms with Gasteiger partial charge in [0.05, 0.1) is 0 Å². The second-order valence-corrected chi connectivity index (χ2v) is 3.82. The van der Waals surface area contributed by atoms with Crippen molar-refractivity contribution in [1.82, 2.24) is 0 Å². The Morgan fingerprint density at radius 3 is 1.30 bits per heavy atom. The number of alkyl halides is 3. The van der Waals surface area contributed by atoms with Crippen LogP contribution in [0, 0.1) is 5.41 Å². The van der Waals surface area contributed by atoms with Gasteiger partial charge in [-0.2, -0.15) is 0 Å². The van der Waals surface area contributed by atoms with Crippen LogP contribution in [0.4, 0.5) is 0 Å². The van der Waals surface area contributed by atoms with E-state index >= 15 is 0 Å². The molecule has 0 saturated heterocycles. The third-order valence-corrected chi connectivity index (χ3v) is 4.70. The molecule has 0 aromatic heterocycles. The van der Waals surface area contributed by atoms with Crippen LogP contribution < -0.4 is 0 Å². The van der Waals surface area contributed by atoms with E-state index < -0.39 is 11.7 Å². The van der Waals surface area contributed by atoms with Crippen LogP contribution in [0.25, 0.3) is 0 Å². The lowest BCUT2D eigenvalue weighted by Crippen LogP contribution is -2.40. The molecular weight excluding hydrogens is 332 g/mol. The van der Waals surface area contributed by atoms with Crippen molar-refractivity contribution in [3.63, 3.8) is 0 Å². The van der Waals surface area contributed by atoms with Gasteiger partial charge in [-0.05, 0) is 0 Å². The maximum absolute atomic E-state index is 8.93. The van der Waals surface area contributed by atoms with Crippen LogP contribution in [-0.2, 0) is 0 Å². The minimum atomic E-state index is -1.30. The monoisotopic (exact) mass is 338 g/mol. The fraction of sp³-hybridized carbons (Fsp3) is 1.00. The Balaban J connectivity index is 4.15. The Labute approximate surface area is 85.4 Å². The SMILES string of the molecule is OC(O)C(CBr)(CBr)CBr. The summed E-state index contributed by atoms with van der Waals surface area (Å²) in [4.78, 5) is 0. The maximum atomic E-state index is 8.93. The topological polar surface area (TPSA) is 40.5 Å². The van der Waals surface area contributed by atoms with Crippen molar-refractivity contribution in [2.24, 2.45) is 5.41 Å². The molecule has 0 aromatic carbocycles. The van der Waals surface area contributed by atoms with Gasteiger partial charge in [-0.25, -0.2) is 0 Å². The molecule has 0 aliphatic rings. The van der Waals surface area contributed by atoms with Crippen molar-refractivity contribution in [3.05, 3.63) is 0 Å². The standard InChI is InChI=1S/C5H9Br3O2/c6-1-5(2-7,3-8)4(9)10/h4,9-10H,1-3H2. The van der Waals surface area contributed by atoms with Crippen LogP contribution in [0.5, 0.6) is 0 Å². The smallest absolute Gasteiger partial charge is 0.159 e. The second kappa shape index (κ2) is 5.09. The van der Waals surface area contributed by atoms with E-state index in [1.54, 1.807) is 0 Å². The Bertz CT molecular complexity index is 84.6. The largest absolute Gasteiger partial charge is 0.368 e. The molecule has 2 nitrogen and oxygen atoms in total. The molecule has 0 amide bonds. The van der Waals surface area contributed by atoms with E-state index in [9.17, 15) is 0 Å². The zero-order valence-corrected chi connectivity index (χ0v) is 9.98. The maximum Gasteiger partial charge on any atom is 0.159 e. The van der Waals surface area contributed by atoms with Gasteiger partial charge < -0.3 is 10.2 Å². The average molecular weight is 341 g/mol. The highest BCUT2D eigenvalue weighted by Gasteiger charge is 2.33. The van der Waals surface area contributed by atoms with E-state index in [1.165, 1.54) is 0 Å². The predicted molar refractivity (Wildman–Crippen MR) is 52.0 cm³/mol. The van der Waals surface area contributed by atoms with Crippen molar-refractivity contribution in [3.8, 4) is 0 Å². The van der Waals surface area contributed by atoms with E-state index in [4.69, 9.17) is 10.2 Å². The summed E-state index contributed by atoms with van der Waals surface area (Å²) < 4.78 is 0. The van der Waals surface area contributed by atoms with Gasteiger partial charge in [0.2, 0.25) is 0 Å². The van der Waals surface area contributed by atoms with E-state index in [2.05, 4.69) is 47.8 Å². The molecule has 62 valence electrons. The van der Waals surface area contributed by atoms with Crippen LogP contribution in [0.1, 0.15) is 0 Å². The molecule has 0 heterocycles. The van der Waals surface area contributed by atoms with E-state index in [0.717, 1.165) is 0 Å². The van der Waals surface area contributed by atoms with Crippen LogP contribution in [0.2, 0.25) is 0 Å². The van der Waals surface area contributed by atoms with Gasteiger partial charge >= 0.3 is 0 Å². The van der Waals surface area contributed by atoms with Crippen molar-refractivity contribution >= 4 is 47.8 Å². The first kappa shape index (κ1) is 11.4. The van der Waals surface area contributed by atoms with Crippen LogP contribution in [-0.4, -0.2) is 32.5 Å². The average Bonchev–Trinajstić information content (AvgIpc) is 1.92. The summed E-state index contributed by atoms with van der Waals surface area (Å²) in [5.74, 6) is 0. The Morgan fingerprint density at radius 1 is 1.00 bits per heavy atom. The normalized spacial score (nSPS) is 12.6. The molecule has 0 bridgehead atoms. The lowest BCUT2D eigenvalue weighted by molar-refractivity contribution is -0.106. The quantitative estimate of drug-likeness (QED) is 0.601. The first-order valence-electron chi connectivity index (χ1n) is 2.67. The van der Waals surface area contributed by atoms with Crippen molar-refractivity contribution < 1.29 is 10.2 Å². The van der Waals surface area contributed by atoms with Gasteiger partial charge in [0.15, 0.2) is 6.29 Å². The highest BCUT2D eigenvalue weighted by Crippen LogP contribution is 2.28. The molecule has 0 spiro atoms. The van der Waals surface area contributed by atoms with Crippen molar-refractivity contribution in [2.75, 3.05) is 16.0 Å². The van der Waals surface area contributed by atoms with Gasteiger partial charge in [-0.1, -0.05) is 47.8 Å². The summed E-state index contributed by atoms with van der Waals surface area (Å²) in [7, 11) is 0. The molecule has 2 N–H and O–H groups in total. The van der Waals surface area contributed by atoms with Crippen molar-refractivity contribution in [2.45, 2.75) is 6.29 Å².